The highest BCUT2D eigenvalue weighted by atomic mass is 79.9. The Balaban J connectivity index is 2.46. The first-order valence-corrected chi connectivity index (χ1v) is 19.4. The SMILES string of the molecule is Cc1ccc(S(=O)(=O)OCC(COC(=O)CCCCCCCCCCBr)OC(=O)CCCCCCCCCCBr)cc1. The highest BCUT2D eigenvalue weighted by Crippen LogP contribution is 2.16. The van der Waals surface area contributed by atoms with Crippen molar-refractivity contribution in [2.75, 3.05) is 23.9 Å². The van der Waals surface area contributed by atoms with E-state index in [4.69, 9.17) is 13.7 Å². The summed E-state index contributed by atoms with van der Waals surface area (Å²) in [6.45, 7) is 1.20. The van der Waals surface area contributed by atoms with Crippen LogP contribution in [0.15, 0.2) is 29.2 Å². The quantitative estimate of drug-likeness (QED) is 0.0385. The summed E-state index contributed by atoms with van der Waals surface area (Å²) < 4.78 is 41.4. The molecule has 0 aliphatic heterocycles. The van der Waals surface area contributed by atoms with Crippen molar-refractivity contribution in [2.45, 2.75) is 133 Å². The Hall–Kier alpha value is -0.970. The number of alkyl halides is 2. The van der Waals surface area contributed by atoms with Crippen LogP contribution in [0.3, 0.4) is 0 Å². The van der Waals surface area contributed by atoms with Crippen molar-refractivity contribution in [1.82, 2.24) is 0 Å². The second-order valence-corrected chi connectivity index (χ2v) is 14.1. The Morgan fingerprint density at radius 3 is 1.55 bits per heavy atom. The average Bonchev–Trinajstić information content (AvgIpc) is 2.97. The zero-order chi connectivity index (χ0) is 30.9. The molecule has 242 valence electrons. The fraction of sp³-hybridized carbons (Fsp3) is 0.750. The van der Waals surface area contributed by atoms with Crippen molar-refractivity contribution in [3.8, 4) is 0 Å². The van der Waals surface area contributed by atoms with E-state index in [2.05, 4.69) is 31.9 Å². The van der Waals surface area contributed by atoms with Gasteiger partial charge < -0.3 is 9.47 Å². The van der Waals surface area contributed by atoms with E-state index in [-0.39, 0.29) is 30.3 Å². The van der Waals surface area contributed by atoms with Gasteiger partial charge in [0.25, 0.3) is 10.1 Å². The Bertz CT molecular complexity index is 939. The number of benzene rings is 1. The van der Waals surface area contributed by atoms with E-state index >= 15 is 0 Å². The molecule has 0 saturated carbocycles. The van der Waals surface area contributed by atoms with Crippen molar-refractivity contribution in [3.63, 3.8) is 0 Å². The number of hydrogen-bond donors (Lipinski definition) is 0. The van der Waals surface area contributed by atoms with Crippen molar-refractivity contribution in [2.24, 2.45) is 0 Å². The smallest absolute Gasteiger partial charge is 0.306 e. The van der Waals surface area contributed by atoms with Gasteiger partial charge in [-0.2, -0.15) is 8.42 Å². The van der Waals surface area contributed by atoms with Gasteiger partial charge >= 0.3 is 11.9 Å². The van der Waals surface area contributed by atoms with E-state index in [1.54, 1.807) is 12.1 Å². The summed E-state index contributed by atoms with van der Waals surface area (Å²) in [5.74, 6) is -0.827. The van der Waals surface area contributed by atoms with Gasteiger partial charge in [-0.3, -0.25) is 13.8 Å². The normalized spacial score (nSPS) is 12.3. The minimum atomic E-state index is -4.05. The molecule has 1 aromatic rings. The molecule has 0 N–H and O–H groups in total. The molecule has 7 nitrogen and oxygen atoms in total. The number of unbranched alkanes of at least 4 members (excludes halogenated alkanes) is 14. The largest absolute Gasteiger partial charge is 0.462 e. The van der Waals surface area contributed by atoms with Crippen LogP contribution in [0.2, 0.25) is 0 Å². The maximum absolute atomic E-state index is 12.7. The lowest BCUT2D eigenvalue weighted by Gasteiger charge is -2.18. The van der Waals surface area contributed by atoms with Crippen LogP contribution in [0, 0.1) is 6.92 Å². The van der Waals surface area contributed by atoms with Crippen LogP contribution < -0.4 is 0 Å². The number of rotatable bonds is 27. The second kappa shape index (κ2) is 25.4. The van der Waals surface area contributed by atoms with E-state index in [0.29, 0.717) is 6.42 Å². The lowest BCUT2D eigenvalue weighted by atomic mass is 10.1. The third kappa shape index (κ3) is 20.9. The first-order chi connectivity index (χ1) is 20.3. The first-order valence-electron chi connectivity index (χ1n) is 15.7. The summed E-state index contributed by atoms with van der Waals surface area (Å²) in [5.41, 5.74) is 0.924. The number of ether oxygens (including phenoxy) is 2. The first kappa shape index (κ1) is 39.1. The predicted octanol–water partition coefficient (Wildman–Crippen LogP) is 8.97. The van der Waals surface area contributed by atoms with Crippen molar-refractivity contribution < 1.29 is 31.7 Å². The lowest BCUT2D eigenvalue weighted by Crippen LogP contribution is -2.31. The van der Waals surface area contributed by atoms with E-state index in [0.717, 1.165) is 54.7 Å². The van der Waals surface area contributed by atoms with E-state index in [1.165, 1.54) is 69.9 Å². The zero-order valence-corrected chi connectivity index (χ0v) is 29.5. The Morgan fingerprint density at radius 1 is 0.643 bits per heavy atom. The number of aryl methyl sites for hydroxylation is 1. The van der Waals surface area contributed by atoms with Gasteiger partial charge in [0.2, 0.25) is 0 Å². The van der Waals surface area contributed by atoms with Crippen LogP contribution in [0.5, 0.6) is 0 Å². The van der Waals surface area contributed by atoms with E-state index in [1.807, 2.05) is 6.92 Å². The summed E-state index contributed by atoms with van der Waals surface area (Å²) in [7, 11) is -4.05. The van der Waals surface area contributed by atoms with Gasteiger partial charge in [-0.15, -0.1) is 0 Å². The molecule has 1 atom stereocenters. The fourth-order valence-electron chi connectivity index (χ4n) is 4.41. The monoisotopic (exact) mass is 738 g/mol. The number of carbonyl (C=O) groups excluding carboxylic acids is 2. The van der Waals surface area contributed by atoms with Crippen molar-refractivity contribution >= 4 is 53.9 Å². The molecule has 0 heterocycles. The molecule has 0 fully saturated rings. The molecule has 1 rings (SSSR count). The van der Waals surface area contributed by atoms with Crippen molar-refractivity contribution in [1.29, 1.82) is 0 Å². The highest BCUT2D eigenvalue weighted by Gasteiger charge is 2.23. The van der Waals surface area contributed by atoms with Crippen LogP contribution in [0.4, 0.5) is 0 Å². The number of halogens is 2. The van der Waals surface area contributed by atoms with Gasteiger partial charge in [0.15, 0.2) is 6.10 Å². The second-order valence-electron chi connectivity index (χ2n) is 10.9. The van der Waals surface area contributed by atoms with Gasteiger partial charge in [-0.05, 0) is 44.7 Å². The molecule has 10 heteroatoms. The summed E-state index contributed by atoms with van der Waals surface area (Å²) in [6.07, 6.45) is 17.1. The minimum Gasteiger partial charge on any atom is -0.462 e. The fourth-order valence-corrected chi connectivity index (χ4v) is 6.14. The highest BCUT2D eigenvalue weighted by molar-refractivity contribution is 9.09. The number of hydrogen-bond acceptors (Lipinski definition) is 7. The van der Waals surface area contributed by atoms with Gasteiger partial charge in [0, 0.05) is 23.5 Å². The van der Waals surface area contributed by atoms with Crippen LogP contribution in [0.25, 0.3) is 0 Å². The molecule has 0 aliphatic carbocycles. The molecule has 0 spiro atoms. The molecule has 0 aromatic heterocycles. The summed E-state index contributed by atoms with van der Waals surface area (Å²) >= 11 is 6.90. The number of esters is 2. The molecular weight excluding hydrogens is 688 g/mol. The van der Waals surface area contributed by atoms with Gasteiger partial charge in [-0.1, -0.05) is 127 Å². The molecule has 0 bridgehead atoms. The molecule has 0 saturated heterocycles. The predicted molar refractivity (Wildman–Crippen MR) is 176 cm³/mol. The molecule has 42 heavy (non-hydrogen) atoms. The standard InChI is InChI=1S/C32H52Br2O7S/c1-28-20-22-30(23-21-28)42(37,38)40-27-29(41-32(36)19-15-11-7-3-5-9-13-17-25-34)26-39-31(35)18-14-10-6-2-4-8-12-16-24-33/h20-23,29H,2-19,24-27H2,1H3. The summed E-state index contributed by atoms with van der Waals surface area (Å²) in [4.78, 5) is 24.9. The Labute approximate surface area is 271 Å². The molecule has 1 unspecified atom stereocenters. The van der Waals surface area contributed by atoms with Crippen LogP contribution in [-0.4, -0.2) is 50.3 Å². The van der Waals surface area contributed by atoms with Gasteiger partial charge in [0.05, 0.1) is 4.90 Å². The number of carbonyl (C=O) groups is 2. The topological polar surface area (TPSA) is 96.0 Å². The molecule has 1 aromatic carbocycles. The van der Waals surface area contributed by atoms with Crippen LogP contribution >= 0.6 is 31.9 Å². The lowest BCUT2D eigenvalue weighted by molar-refractivity contribution is -0.161. The minimum absolute atomic E-state index is 0.0190. The van der Waals surface area contributed by atoms with E-state index in [9.17, 15) is 18.0 Å². The maximum atomic E-state index is 12.7. The van der Waals surface area contributed by atoms with Crippen LogP contribution in [0.1, 0.15) is 121 Å². The molecule has 0 aliphatic rings. The summed E-state index contributed by atoms with van der Waals surface area (Å²) in [6, 6.07) is 6.31. The van der Waals surface area contributed by atoms with E-state index < -0.39 is 28.8 Å². The molecule has 0 amide bonds. The maximum Gasteiger partial charge on any atom is 0.306 e. The third-order valence-electron chi connectivity index (χ3n) is 6.98. The van der Waals surface area contributed by atoms with Crippen LogP contribution in [-0.2, 0) is 33.4 Å². The Kier molecular flexibility index (Phi) is 23.6. The molecular formula is C32H52Br2O7S. The third-order valence-corrected chi connectivity index (χ3v) is 9.39. The van der Waals surface area contributed by atoms with Gasteiger partial charge in [-0.25, -0.2) is 0 Å². The Morgan fingerprint density at radius 2 is 1.07 bits per heavy atom. The van der Waals surface area contributed by atoms with Crippen molar-refractivity contribution in [3.05, 3.63) is 29.8 Å². The molecule has 0 radical (unpaired) electrons. The van der Waals surface area contributed by atoms with Gasteiger partial charge in [0.1, 0.15) is 13.2 Å². The summed E-state index contributed by atoms with van der Waals surface area (Å²) in [5, 5.41) is 2.11. The zero-order valence-electron chi connectivity index (χ0n) is 25.5. The average molecular weight is 741 g/mol.